The minimum absolute atomic E-state index is 0.109. The number of aromatic hydroxyl groups is 1. The molecule has 0 aromatic heterocycles. The lowest BCUT2D eigenvalue weighted by atomic mass is 9.41. The minimum Gasteiger partial charge on any atom is -0.507 e. The van der Waals surface area contributed by atoms with Crippen molar-refractivity contribution in [1.29, 1.82) is 0 Å². The number of hydrogen-bond donors (Lipinski definition) is 1. The van der Waals surface area contributed by atoms with Gasteiger partial charge in [-0.05, 0) is 72.7 Å². The van der Waals surface area contributed by atoms with E-state index < -0.39 is 0 Å². The summed E-state index contributed by atoms with van der Waals surface area (Å²) < 4.78 is 0. The van der Waals surface area contributed by atoms with Gasteiger partial charge in [-0.2, -0.15) is 0 Å². The first-order valence-corrected chi connectivity index (χ1v) is 11.6. The highest BCUT2D eigenvalue weighted by atomic mass is 79.9. The van der Waals surface area contributed by atoms with Crippen LogP contribution in [0.2, 0.25) is 0 Å². The summed E-state index contributed by atoms with van der Waals surface area (Å²) in [5.41, 5.74) is 4.53. The summed E-state index contributed by atoms with van der Waals surface area (Å²) in [4.78, 5) is 0. The number of halogens is 1. The Hall–Kier alpha value is -0.500. The lowest BCUT2D eigenvalue weighted by Crippen LogP contribution is -2.55. The van der Waals surface area contributed by atoms with Crippen molar-refractivity contribution in [2.24, 2.45) is 23.2 Å². The van der Waals surface area contributed by atoms with Crippen molar-refractivity contribution in [1.82, 2.24) is 0 Å². The highest BCUT2D eigenvalue weighted by molar-refractivity contribution is 9.08. The van der Waals surface area contributed by atoms with Gasteiger partial charge >= 0.3 is 0 Å². The molecule has 1 nitrogen and oxygen atoms in total. The van der Waals surface area contributed by atoms with Gasteiger partial charge in [-0.25, -0.2) is 0 Å². The second-order valence-corrected chi connectivity index (χ2v) is 11.7. The van der Waals surface area contributed by atoms with Crippen LogP contribution in [0, 0.1) is 23.2 Å². The Morgan fingerprint density at radius 1 is 1.12 bits per heavy atom. The topological polar surface area (TPSA) is 20.2 Å². The molecule has 0 aliphatic heterocycles. The molecular formula is C24H35BrO. The molecule has 0 spiro atoms. The fourth-order valence-corrected chi connectivity index (χ4v) is 7.39. The van der Waals surface area contributed by atoms with Gasteiger partial charge in [-0.3, -0.25) is 0 Å². The second kappa shape index (κ2) is 6.00. The Balaban J connectivity index is 1.87. The third kappa shape index (κ3) is 2.77. The van der Waals surface area contributed by atoms with Gasteiger partial charge in [-0.15, -0.1) is 0 Å². The summed E-state index contributed by atoms with van der Waals surface area (Å²) in [5.74, 6) is 3.06. The molecule has 1 aromatic rings. The normalized spacial score (nSPS) is 36.1. The van der Waals surface area contributed by atoms with Crippen molar-refractivity contribution in [2.75, 3.05) is 0 Å². The summed E-state index contributed by atoms with van der Waals surface area (Å²) in [7, 11) is 0. The molecular weight excluding hydrogens is 384 g/mol. The highest BCUT2D eigenvalue weighted by Gasteiger charge is 2.59. The lowest BCUT2D eigenvalue weighted by molar-refractivity contribution is -0.0966. The maximum atomic E-state index is 11.2. The van der Waals surface area contributed by atoms with Crippen molar-refractivity contribution in [3.8, 4) is 5.75 Å². The number of alkyl halides is 1. The van der Waals surface area contributed by atoms with Gasteiger partial charge in [0.15, 0.2) is 0 Å². The van der Waals surface area contributed by atoms with Gasteiger partial charge in [-0.1, -0.05) is 62.7 Å². The molecule has 4 aliphatic carbocycles. The van der Waals surface area contributed by atoms with E-state index in [-0.39, 0.29) is 10.8 Å². The third-order valence-electron chi connectivity index (χ3n) is 8.10. The Bertz CT molecular complexity index is 698. The zero-order valence-electron chi connectivity index (χ0n) is 17.2. The molecule has 2 unspecified atom stereocenters. The molecule has 0 saturated heterocycles. The Labute approximate surface area is 168 Å². The van der Waals surface area contributed by atoms with E-state index in [1.165, 1.54) is 49.7 Å². The molecule has 0 amide bonds. The molecule has 4 fully saturated rings. The SMILES string of the molecule is CC(C)C12CC3CC(CC(c4cc(C(C)(C)C)cc(CBr)c4O)(C3)C1)C2. The van der Waals surface area contributed by atoms with Crippen LogP contribution in [0.5, 0.6) is 5.75 Å². The van der Waals surface area contributed by atoms with E-state index in [0.29, 0.717) is 11.2 Å². The maximum absolute atomic E-state index is 11.2. The first-order chi connectivity index (χ1) is 12.1. The van der Waals surface area contributed by atoms with Crippen molar-refractivity contribution < 1.29 is 5.11 Å². The largest absolute Gasteiger partial charge is 0.507 e. The summed E-state index contributed by atoms with van der Waals surface area (Å²) in [6.07, 6.45) is 8.15. The van der Waals surface area contributed by atoms with Crippen LogP contribution in [0.3, 0.4) is 0 Å². The van der Waals surface area contributed by atoms with Crippen LogP contribution in [-0.4, -0.2) is 5.11 Å². The monoisotopic (exact) mass is 418 g/mol. The van der Waals surface area contributed by atoms with E-state index in [2.05, 4.69) is 62.7 Å². The molecule has 1 aromatic carbocycles. The van der Waals surface area contributed by atoms with Crippen LogP contribution in [-0.2, 0) is 16.2 Å². The van der Waals surface area contributed by atoms with Gasteiger partial charge in [0, 0.05) is 21.9 Å². The first kappa shape index (κ1) is 18.8. The molecule has 2 atom stereocenters. The quantitative estimate of drug-likeness (QED) is 0.519. The van der Waals surface area contributed by atoms with Gasteiger partial charge < -0.3 is 5.11 Å². The van der Waals surface area contributed by atoms with Crippen LogP contribution in [0.15, 0.2) is 12.1 Å². The van der Waals surface area contributed by atoms with Gasteiger partial charge in [0.1, 0.15) is 5.75 Å². The molecule has 4 bridgehead atoms. The fourth-order valence-electron chi connectivity index (χ4n) is 6.96. The predicted molar refractivity (Wildman–Crippen MR) is 113 cm³/mol. The van der Waals surface area contributed by atoms with E-state index >= 15 is 0 Å². The van der Waals surface area contributed by atoms with Crippen molar-refractivity contribution in [3.05, 3.63) is 28.8 Å². The molecule has 1 N–H and O–H groups in total. The van der Waals surface area contributed by atoms with Gasteiger partial charge in [0.25, 0.3) is 0 Å². The molecule has 4 saturated carbocycles. The van der Waals surface area contributed by atoms with Crippen LogP contribution in [0.25, 0.3) is 0 Å². The zero-order valence-corrected chi connectivity index (χ0v) is 18.7. The predicted octanol–water partition coefficient (Wildman–Crippen LogP) is 7.08. The number of phenolic OH excluding ortho intramolecular Hbond substituents is 1. The van der Waals surface area contributed by atoms with Crippen LogP contribution >= 0.6 is 15.9 Å². The molecule has 2 heteroatoms. The number of phenols is 1. The maximum Gasteiger partial charge on any atom is 0.123 e. The number of rotatable bonds is 3. The molecule has 4 aliphatic rings. The molecule has 0 heterocycles. The molecule has 26 heavy (non-hydrogen) atoms. The second-order valence-electron chi connectivity index (χ2n) is 11.2. The zero-order chi connectivity index (χ0) is 18.9. The van der Waals surface area contributed by atoms with E-state index in [9.17, 15) is 5.11 Å². The lowest BCUT2D eigenvalue weighted by Gasteiger charge is -2.64. The number of hydrogen-bond acceptors (Lipinski definition) is 1. The smallest absolute Gasteiger partial charge is 0.123 e. The number of benzene rings is 1. The average Bonchev–Trinajstić information content (AvgIpc) is 2.52. The van der Waals surface area contributed by atoms with E-state index in [0.717, 1.165) is 28.6 Å². The van der Waals surface area contributed by atoms with Gasteiger partial charge in [0.2, 0.25) is 0 Å². The third-order valence-corrected chi connectivity index (χ3v) is 8.71. The Morgan fingerprint density at radius 3 is 2.23 bits per heavy atom. The summed E-state index contributed by atoms with van der Waals surface area (Å²) in [5, 5.41) is 12.0. The summed E-state index contributed by atoms with van der Waals surface area (Å²) in [6.45, 7) is 11.7. The van der Waals surface area contributed by atoms with Crippen LogP contribution < -0.4 is 0 Å². The van der Waals surface area contributed by atoms with Crippen molar-refractivity contribution in [2.45, 2.75) is 89.3 Å². The molecule has 144 valence electrons. The van der Waals surface area contributed by atoms with E-state index in [1.807, 2.05) is 0 Å². The average molecular weight is 419 g/mol. The Kier molecular flexibility index (Phi) is 4.35. The first-order valence-electron chi connectivity index (χ1n) is 10.5. The fraction of sp³-hybridized carbons (Fsp3) is 0.750. The van der Waals surface area contributed by atoms with Crippen LogP contribution in [0.1, 0.15) is 89.8 Å². The molecule has 5 rings (SSSR count). The Morgan fingerprint density at radius 2 is 1.73 bits per heavy atom. The van der Waals surface area contributed by atoms with Crippen molar-refractivity contribution >= 4 is 15.9 Å². The minimum atomic E-state index is 0.109. The van der Waals surface area contributed by atoms with Crippen LogP contribution in [0.4, 0.5) is 0 Å². The standard InChI is InChI=1S/C24H35BrO/c1-15(2)23-9-16-6-17(10-23)12-24(11-16,14-23)20-8-19(22(3,4)5)7-18(13-25)21(20)26/h7-8,15-17,26H,6,9-14H2,1-5H3. The van der Waals surface area contributed by atoms with Crippen molar-refractivity contribution in [3.63, 3.8) is 0 Å². The summed E-state index contributed by atoms with van der Waals surface area (Å²) in [6, 6.07) is 4.59. The van der Waals surface area contributed by atoms with E-state index in [1.54, 1.807) is 0 Å². The molecule has 0 radical (unpaired) electrons. The highest BCUT2D eigenvalue weighted by Crippen LogP contribution is 2.68. The van der Waals surface area contributed by atoms with Gasteiger partial charge in [0.05, 0.1) is 0 Å². The van der Waals surface area contributed by atoms with E-state index in [4.69, 9.17) is 0 Å². The summed E-state index contributed by atoms with van der Waals surface area (Å²) >= 11 is 3.63.